The molecule has 66 valence electrons. The molecule has 0 bridgehead atoms. The summed E-state index contributed by atoms with van der Waals surface area (Å²) in [7, 11) is 1.88. The van der Waals surface area contributed by atoms with E-state index in [1.807, 2.05) is 7.05 Å². The SMILES string of the molecule is CNNCc1cc(C)cc(C)c1. The predicted octanol–water partition coefficient (Wildman–Crippen LogP) is 1.53. The molecule has 0 spiro atoms. The van der Waals surface area contributed by atoms with E-state index < -0.39 is 0 Å². The van der Waals surface area contributed by atoms with Crippen LogP contribution in [0.1, 0.15) is 16.7 Å². The van der Waals surface area contributed by atoms with Crippen molar-refractivity contribution in [1.29, 1.82) is 0 Å². The van der Waals surface area contributed by atoms with E-state index in [9.17, 15) is 0 Å². The first-order valence-electron chi connectivity index (χ1n) is 4.19. The second kappa shape index (κ2) is 4.24. The lowest BCUT2D eigenvalue weighted by Gasteiger charge is -2.05. The van der Waals surface area contributed by atoms with Crippen LogP contribution in [0.15, 0.2) is 18.2 Å². The Bertz CT molecular complexity index is 236. The van der Waals surface area contributed by atoms with E-state index in [4.69, 9.17) is 0 Å². The highest BCUT2D eigenvalue weighted by Gasteiger charge is 1.93. The Hall–Kier alpha value is -0.860. The van der Waals surface area contributed by atoms with Gasteiger partial charge >= 0.3 is 0 Å². The van der Waals surface area contributed by atoms with Crippen molar-refractivity contribution in [1.82, 2.24) is 10.9 Å². The van der Waals surface area contributed by atoms with Crippen LogP contribution in [-0.2, 0) is 6.54 Å². The Labute approximate surface area is 74.0 Å². The zero-order valence-corrected chi connectivity index (χ0v) is 7.94. The van der Waals surface area contributed by atoms with Gasteiger partial charge in [-0.2, -0.15) is 0 Å². The summed E-state index contributed by atoms with van der Waals surface area (Å²) in [6.07, 6.45) is 0. The molecule has 0 aromatic heterocycles. The van der Waals surface area contributed by atoms with Gasteiger partial charge < -0.3 is 0 Å². The van der Waals surface area contributed by atoms with Crippen LogP contribution in [0.2, 0.25) is 0 Å². The van der Waals surface area contributed by atoms with E-state index >= 15 is 0 Å². The van der Waals surface area contributed by atoms with E-state index in [1.54, 1.807) is 0 Å². The number of rotatable bonds is 3. The molecule has 0 atom stereocenters. The minimum atomic E-state index is 0.874. The molecule has 1 rings (SSSR count). The Balaban J connectivity index is 2.72. The average molecular weight is 164 g/mol. The molecule has 0 aliphatic rings. The van der Waals surface area contributed by atoms with Crippen molar-refractivity contribution < 1.29 is 0 Å². The van der Waals surface area contributed by atoms with Crippen LogP contribution in [0.5, 0.6) is 0 Å². The largest absolute Gasteiger partial charge is 0.261 e. The summed E-state index contributed by atoms with van der Waals surface area (Å²) in [6, 6.07) is 6.57. The Kier molecular flexibility index (Phi) is 3.26. The molecule has 0 aliphatic carbocycles. The van der Waals surface area contributed by atoms with Crippen LogP contribution in [0.25, 0.3) is 0 Å². The molecule has 0 fully saturated rings. The lowest BCUT2D eigenvalue weighted by Crippen LogP contribution is -2.26. The highest BCUT2D eigenvalue weighted by molar-refractivity contribution is 5.28. The predicted molar refractivity (Wildman–Crippen MR) is 51.8 cm³/mol. The smallest absolute Gasteiger partial charge is 0.0351 e. The van der Waals surface area contributed by atoms with Gasteiger partial charge in [-0.3, -0.25) is 10.9 Å². The zero-order chi connectivity index (χ0) is 8.97. The fourth-order valence-electron chi connectivity index (χ4n) is 1.36. The Morgan fingerprint density at radius 3 is 2.17 bits per heavy atom. The second-order valence-corrected chi connectivity index (χ2v) is 3.10. The molecule has 0 amide bonds. The summed E-state index contributed by atoms with van der Waals surface area (Å²) in [5, 5.41) is 0. The number of hydrogen-bond acceptors (Lipinski definition) is 2. The third-order valence-electron chi connectivity index (χ3n) is 1.75. The number of hydrazine groups is 1. The molecule has 0 unspecified atom stereocenters. The Morgan fingerprint density at radius 2 is 1.67 bits per heavy atom. The van der Waals surface area contributed by atoms with Gasteiger partial charge in [0.15, 0.2) is 0 Å². The van der Waals surface area contributed by atoms with E-state index in [0.717, 1.165) is 6.54 Å². The molecule has 2 heteroatoms. The topological polar surface area (TPSA) is 24.1 Å². The molecule has 0 saturated carbocycles. The number of aryl methyl sites for hydroxylation is 2. The van der Waals surface area contributed by atoms with Crippen LogP contribution in [-0.4, -0.2) is 7.05 Å². The molecular weight excluding hydrogens is 148 g/mol. The molecule has 1 aromatic carbocycles. The summed E-state index contributed by atoms with van der Waals surface area (Å²) < 4.78 is 0. The van der Waals surface area contributed by atoms with Crippen molar-refractivity contribution in [3.05, 3.63) is 34.9 Å². The van der Waals surface area contributed by atoms with Crippen molar-refractivity contribution in [2.75, 3.05) is 7.05 Å². The average Bonchev–Trinajstić information content (AvgIpc) is 1.99. The highest BCUT2D eigenvalue weighted by atomic mass is 15.3. The van der Waals surface area contributed by atoms with Gasteiger partial charge in [0.1, 0.15) is 0 Å². The standard InChI is InChI=1S/C10H16N2/c1-8-4-9(2)6-10(5-8)7-12-11-3/h4-6,11-12H,7H2,1-3H3. The highest BCUT2D eigenvalue weighted by Crippen LogP contribution is 2.07. The minimum Gasteiger partial charge on any atom is -0.261 e. The first kappa shape index (κ1) is 9.23. The maximum absolute atomic E-state index is 3.07. The fraction of sp³-hybridized carbons (Fsp3) is 0.400. The molecule has 2 N–H and O–H groups in total. The van der Waals surface area contributed by atoms with Gasteiger partial charge in [-0.1, -0.05) is 29.3 Å². The molecule has 0 aliphatic heterocycles. The van der Waals surface area contributed by atoms with Gasteiger partial charge in [0, 0.05) is 6.54 Å². The number of benzene rings is 1. The molecule has 0 heterocycles. The lowest BCUT2D eigenvalue weighted by molar-refractivity contribution is 0.596. The van der Waals surface area contributed by atoms with E-state index in [2.05, 4.69) is 42.9 Å². The van der Waals surface area contributed by atoms with Gasteiger partial charge in [0.05, 0.1) is 0 Å². The summed E-state index contributed by atoms with van der Waals surface area (Å²) >= 11 is 0. The van der Waals surface area contributed by atoms with Crippen molar-refractivity contribution in [2.45, 2.75) is 20.4 Å². The van der Waals surface area contributed by atoms with Crippen molar-refractivity contribution in [2.24, 2.45) is 0 Å². The molecular formula is C10H16N2. The summed E-state index contributed by atoms with van der Waals surface area (Å²) in [4.78, 5) is 0. The molecule has 0 saturated heterocycles. The number of nitrogens with one attached hydrogen (secondary N) is 2. The van der Waals surface area contributed by atoms with E-state index in [0.29, 0.717) is 0 Å². The normalized spacial score (nSPS) is 10.2. The van der Waals surface area contributed by atoms with Gasteiger partial charge in [-0.15, -0.1) is 0 Å². The van der Waals surface area contributed by atoms with Crippen LogP contribution in [0.4, 0.5) is 0 Å². The summed E-state index contributed by atoms with van der Waals surface area (Å²) in [6.45, 7) is 5.12. The van der Waals surface area contributed by atoms with E-state index in [1.165, 1.54) is 16.7 Å². The maximum atomic E-state index is 3.07. The lowest BCUT2D eigenvalue weighted by atomic mass is 10.1. The van der Waals surface area contributed by atoms with Crippen LogP contribution >= 0.6 is 0 Å². The van der Waals surface area contributed by atoms with Gasteiger partial charge in [0.25, 0.3) is 0 Å². The second-order valence-electron chi connectivity index (χ2n) is 3.10. The molecule has 12 heavy (non-hydrogen) atoms. The maximum Gasteiger partial charge on any atom is 0.0351 e. The summed E-state index contributed by atoms with van der Waals surface area (Å²) in [5.41, 5.74) is 9.94. The number of hydrogen-bond donors (Lipinski definition) is 2. The quantitative estimate of drug-likeness (QED) is 0.662. The van der Waals surface area contributed by atoms with Crippen molar-refractivity contribution >= 4 is 0 Å². The first-order valence-corrected chi connectivity index (χ1v) is 4.19. The molecule has 0 radical (unpaired) electrons. The monoisotopic (exact) mass is 164 g/mol. The summed E-state index contributed by atoms with van der Waals surface area (Å²) in [5.74, 6) is 0. The van der Waals surface area contributed by atoms with E-state index in [-0.39, 0.29) is 0 Å². The van der Waals surface area contributed by atoms with Crippen LogP contribution in [0, 0.1) is 13.8 Å². The van der Waals surface area contributed by atoms with Crippen molar-refractivity contribution in [3.8, 4) is 0 Å². The van der Waals surface area contributed by atoms with Crippen LogP contribution in [0.3, 0.4) is 0 Å². The fourth-order valence-corrected chi connectivity index (χ4v) is 1.36. The van der Waals surface area contributed by atoms with Gasteiger partial charge in [0.2, 0.25) is 0 Å². The van der Waals surface area contributed by atoms with Crippen LogP contribution < -0.4 is 10.9 Å². The third kappa shape index (κ3) is 2.64. The zero-order valence-electron chi connectivity index (χ0n) is 7.94. The van der Waals surface area contributed by atoms with Crippen molar-refractivity contribution in [3.63, 3.8) is 0 Å². The van der Waals surface area contributed by atoms with Gasteiger partial charge in [-0.25, -0.2) is 0 Å². The first-order chi connectivity index (χ1) is 5.72. The Morgan fingerprint density at radius 1 is 1.08 bits per heavy atom. The minimum absolute atomic E-state index is 0.874. The van der Waals surface area contributed by atoms with Gasteiger partial charge in [-0.05, 0) is 26.5 Å². The molecule has 2 nitrogen and oxygen atoms in total. The third-order valence-corrected chi connectivity index (χ3v) is 1.75. The molecule has 1 aromatic rings.